The number of nitrogens with zero attached hydrogens (tertiary/aromatic N) is 1. The normalized spacial score (nSPS) is 12.6. The summed E-state index contributed by atoms with van der Waals surface area (Å²) in [6.07, 6.45) is 0.956. The van der Waals surface area contributed by atoms with Crippen molar-refractivity contribution in [3.05, 3.63) is 119 Å². The van der Waals surface area contributed by atoms with Gasteiger partial charge in [-0.2, -0.15) is 0 Å². The Morgan fingerprint density at radius 3 is 2.38 bits per heavy atom. The lowest BCUT2D eigenvalue weighted by Gasteiger charge is -2.19. The van der Waals surface area contributed by atoms with E-state index in [9.17, 15) is 0 Å². The van der Waals surface area contributed by atoms with Crippen molar-refractivity contribution in [3.63, 3.8) is 0 Å². The van der Waals surface area contributed by atoms with E-state index in [1.165, 1.54) is 16.0 Å². The lowest BCUT2D eigenvalue weighted by Crippen LogP contribution is -2.14. The SMILES string of the molecule is Cc1ccc(SNc2ccc(C3=NCCc4ccc(Oc5ccccc5)cc43)cc2)cc1. The molecule has 4 heteroatoms. The summed E-state index contributed by atoms with van der Waals surface area (Å²) >= 11 is 1.62. The van der Waals surface area contributed by atoms with Crippen LogP contribution in [0.15, 0.2) is 107 Å². The first-order valence-corrected chi connectivity index (χ1v) is 11.6. The molecule has 0 aliphatic carbocycles. The Morgan fingerprint density at radius 1 is 0.812 bits per heavy atom. The first kappa shape index (κ1) is 20.4. The van der Waals surface area contributed by atoms with Crippen molar-refractivity contribution >= 4 is 23.3 Å². The van der Waals surface area contributed by atoms with Gasteiger partial charge in [0.15, 0.2) is 0 Å². The Kier molecular flexibility index (Phi) is 5.95. The molecule has 0 atom stereocenters. The van der Waals surface area contributed by atoms with Gasteiger partial charge >= 0.3 is 0 Å². The maximum absolute atomic E-state index is 6.06. The van der Waals surface area contributed by atoms with Crippen molar-refractivity contribution in [1.29, 1.82) is 0 Å². The third kappa shape index (κ3) is 4.71. The minimum absolute atomic E-state index is 0.810. The second kappa shape index (κ2) is 9.33. The zero-order valence-corrected chi connectivity index (χ0v) is 18.7. The number of para-hydroxylation sites is 1. The summed E-state index contributed by atoms with van der Waals surface area (Å²) in [6, 6.07) is 33.2. The van der Waals surface area contributed by atoms with E-state index in [2.05, 4.69) is 72.3 Å². The molecule has 158 valence electrons. The number of fused-ring (bicyclic) bond motifs is 1. The van der Waals surface area contributed by atoms with Gasteiger partial charge in [0.2, 0.25) is 0 Å². The number of benzene rings is 4. The molecule has 1 heterocycles. The molecule has 1 aliphatic rings. The summed E-state index contributed by atoms with van der Waals surface area (Å²) in [6.45, 7) is 2.91. The Bertz CT molecular complexity index is 1230. The average molecular weight is 437 g/mol. The van der Waals surface area contributed by atoms with Crippen LogP contribution >= 0.6 is 11.9 Å². The molecule has 0 spiro atoms. The van der Waals surface area contributed by atoms with Crippen LogP contribution in [0.2, 0.25) is 0 Å². The number of hydrogen-bond acceptors (Lipinski definition) is 4. The molecule has 0 bridgehead atoms. The van der Waals surface area contributed by atoms with Gasteiger partial charge in [-0.05, 0) is 79.4 Å². The highest BCUT2D eigenvalue weighted by atomic mass is 32.2. The van der Waals surface area contributed by atoms with Crippen LogP contribution in [-0.4, -0.2) is 12.3 Å². The second-order valence-electron chi connectivity index (χ2n) is 7.81. The van der Waals surface area contributed by atoms with Crippen molar-refractivity contribution in [1.82, 2.24) is 0 Å². The van der Waals surface area contributed by atoms with Gasteiger partial charge in [-0.1, -0.05) is 54.1 Å². The Balaban J connectivity index is 1.33. The summed E-state index contributed by atoms with van der Waals surface area (Å²) in [5.74, 6) is 1.67. The fourth-order valence-electron chi connectivity index (χ4n) is 3.72. The van der Waals surface area contributed by atoms with Crippen LogP contribution in [0, 0.1) is 6.92 Å². The third-order valence-corrected chi connectivity index (χ3v) is 6.28. The van der Waals surface area contributed by atoms with Gasteiger partial charge in [0.05, 0.1) is 5.71 Å². The molecule has 4 aromatic rings. The van der Waals surface area contributed by atoms with Gasteiger partial charge in [-0.3, -0.25) is 4.99 Å². The standard InChI is InChI=1S/C28H24N2OS/c1-20-7-15-26(16-8-20)32-30-23-12-9-22(10-13-23)28-27-19-25(14-11-21(27)17-18-29-28)31-24-5-3-2-4-6-24/h2-16,19,30H,17-18H2,1H3. The molecule has 0 aromatic heterocycles. The maximum atomic E-state index is 6.06. The molecule has 1 N–H and O–H groups in total. The minimum atomic E-state index is 0.810. The maximum Gasteiger partial charge on any atom is 0.128 e. The van der Waals surface area contributed by atoms with E-state index in [0.29, 0.717) is 0 Å². The molecule has 3 nitrogen and oxygen atoms in total. The highest BCUT2D eigenvalue weighted by Crippen LogP contribution is 2.29. The summed E-state index contributed by atoms with van der Waals surface area (Å²) in [5.41, 5.74) is 6.95. The van der Waals surface area contributed by atoms with E-state index in [1.54, 1.807) is 11.9 Å². The van der Waals surface area contributed by atoms with Gasteiger partial charge in [0.1, 0.15) is 11.5 Å². The number of aryl methyl sites for hydroxylation is 1. The molecule has 0 amide bonds. The molecule has 1 aliphatic heterocycles. The fourth-order valence-corrected chi connectivity index (χ4v) is 4.37. The van der Waals surface area contributed by atoms with Crippen LogP contribution in [0.1, 0.15) is 22.3 Å². The van der Waals surface area contributed by atoms with Crippen LogP contribution in [0.25, 0.3) is 0 Å². The number of ether oxygens (including phenoxy) is 1. The first-order chi connectivity index (χ1) is 15.7. The molecule has 5 rings (SSSR count). The summed E-state index contributed by atoms with van der Waals surface area (Å²) in [7, 11) is 0. The molecule has 0 saturated heterocycles. The lowest BCUT2D eigenvalue weighted by molar-refractivity contribution is 0.482. The molecule has 4 aromatic carbocycles. The number of hydrogen-bond donors (Lipinski definition) is 1. The van der Waals surface area contributed by atoms with E-state index in [0.717, 1.165) is 47.0 Å². The van der Waals surface area contributed by atoms with Crippen molar-refractivity contribution < 1.29 is 4.74 Å². The van der Waals surface area contributed by atoms with Gasteiger partial charge < -0.3 is 9.46 Å². The van der Waals surface area contributed by atoms with Crippen LogP contribution in [0.3, 0.4) is 0 Å². The zero-order chi connectivity index (χ0) is 21.8. The quantitative estimate of drug-likeness (QED) is 0.322. The minimum Gasteiger partial charge on any atom is -0.457 e. The number of rotatable bonds is 6. The molecule has 0 radical (unpaired) electrons. The number of nitrogens with one attached hydrogen (secondary N) is 1. The summed E-state index contributed by atoms with van der Waals surface area (Å²) in [5, 5.41) is 0. The van der Waals surface area contributed by atoms with Gasteiger partial charge in [0.25, 0.3) is 0 Å². The lowest BCUT2D eigenvalue weighted by atomic mass is 9.93. The Hall–Kier alpha value is -3.50. The van der Waals surface area contributed by atoms with Crippen molar-refractivity contribution in [2.45, 2.75) is 18.2 Å². The van der Waals surface area contributed by atoms with Crippen LogP contribution < -0.4 is 9.46 Å². The zero-order valence-electron chi connectivity index (χ0n) is 17.9. The molecular formula is C28H24N2OS. The van der Waals surface area contributed by atoms with E-state index >= 15 is 0 Å². The third-order valence-electron chi connectivity index (χ3n) is 5.43. The second-order valence-corrected chi connectivity index (χ2v) is 8.69. The first-order valence-electron chi connectivity index (χ1n) is 10.8. The molecular weight excluding hydrogens is 412 g/mol. The Labute approximate surface area is 193 Å². The molecule has 0 unspecified atom stereocenters. The van der Waals surface area contributed by atoms with E-state index in [-0.39, 0.29) is 0 Å². The van der Waals surface area contributed by atoms with Gasteiger partial charge in [-0.15, -0.1) is 0 Å². The van der Waals surface area contributed by atoms with Crippen molar-refractivity contribution in [2.75, 3.05) is 11.3 Å². The van der Waals surface area contributed by atoms with E-state index in [4.69, 9.17) is 9.73 Å². The topological polar surface area (TPSA) is 33.6 Å². The van der Waals surface area contributed by atoms with Crippen LogP contribution in [0.4, 0.5) is 5.69 Å². The smallest absolute Gasteiger partial charge is 0.128 e. The van der Waals surface area contributed by atoms with Crippen LogP contribution in [-0.2, 0) is 6.42 Å². The molecule has 0 saturated carbocycles. The van der Waals surface area contributed by atoms with Crippen molar-refractivity contribution in [3.8, 4) is 11.5 Å². The van der Waals surface area contributed by atoms with Gasteiger partial charge in [-0.25, -0.2) is 0 Å². The summed E-state index contributed by atoms with van der Waals surface area (Å²) in [4.78, 5) is 6.05. The van der Waals surface area contributed by atoms with Gasteiger partial charge in [0, 0.05) is 28.3 Å². The van der Waals surface area contributed by atoms with Crippen molar-refractivity contribution in [2.24, 2.45) is 4.99 Å². The number of anilines is 1. The van der Waals surface area contributed by atoms with E-state index < -0.39 is 0 Å². The monoisotopic (exact) mass is 436 g/mol. The number of aliphatic imine (C=N–C) groups is 1. The largest absolute Gasteiger partial charge is 0.457 e. The molecule has 0 fully saturated rings. The highest BCUT2D eigenvalue weighted by Gasteiger charge is 2.17. The summed E-state index contributed by atoms with van der Waals surface area (Å²) < 4.78 is 9.48. The van der Waals surface area contributed by atoms with E-state index in [1.807, 2.05) is 36.4 Å². The predicted octanol–water partition coefficient (Wildman–Crippen LogP) is 7.30. The predicted molar refractivity (Wildman–Crippen MR) is 134 cm³/mol. The average Bonchev–Trinajstić information content (AvgIpc) is 2.84. The Morgan fingerprint density at radius 2 is 1.59 bits per heavy atom. The fraction of sp³-hybridized carbons (Fsp3) is 0.107. The van der Waals surface area contributed by atoms with Crippen LogP contribution in [0.5, 0.6) is 11.5 Å². The molecule has 32 heavy (non-hydrogen) atoms. The highest BCUT2D eigenvalue weighted by molar-refractivity contribution is 8.00.